The topological polar surface area (TPSA) is 79.2 Å². The number of alkyl halides is 3. The van der Waals surface area contributed by atoms with Gasteiger partial charge in [0.05, 0.1) is 17.2 Å². The number of aliphatic hydroxyl groups is 3. The quantitative estimate of drug-likeness (QED) is 0.445. The van der Waals surface area contributed by atoms with Crippen molar-refractivity contribution in [2.75, 3.05) is 0 Å². The summed E-state index contributed by atoms with van der Waals surface area (Å²) >= 11 is 0. The van der Waals surface area contributed by atoms with E-state index in [1.165, 1.54) is 12.1 Å². The van der Waals surface area contributed by atoms with E-state index in [2.05, 4.69) is 0 Å². The van der Waals surface area contributed by atoms with E-state index in [9.17, 15) is 32.9 Å². The highest BCUT2D eigenvalue weighted by molar-refractivity contribution is 5.48. The Morgan fingerprint density at radius 2 is 1.75 bits per heavy atom. The summed E-state index contributed by atoms with van der Waals surface area (Å²) in [6.07, 6.45) is -5.14. The summed E-state index contributed by atoms with van der Waals surface area (Å²) in [6, 6.07) is 5.07. The molecule has 2 aromatic carbocycles. The van der Waals surface area contributed by atoms with Gasteiger partial charge in [-0.2, -0.15) is 13.2 Å². The van der Waals surface area contributed by atoms with E-state index in [0.717, 1.165) is 18.2 Å². The van der Waals surface area contributed by atoms with Gasteiger partial charge in [0, 0.05) is 12.0 Å². The third-order valence-corrected chi connectivity index (χ3v) is 5.46. The predicted octanol–water partition coefficient (Wildman–Crippen LogP) is 4.29. The largest absolute Gasteiger partial charge is 0.487 e. The minimum atomic E-state index is -4.86. The van der Waals surface area contributed by atoms with Gasteiger partial charge in [-0.3, -0.25) is 0 Å². The highest BCUT2D eigenvalue weighted by Crippen LogP contribution is 2.44. The Kier molecular flexibility index (Phi) is 6.23. The van der Waals surface area contributed by atoms with E-state index >= 15 is 0 Å². The molecule has 0 spiro atoms. The highest BCUT2D eigenvalue weighted by Gasteiger charge is 2.43. The van der Waals surface area contributed by atoms with Crippen LogP contribution >= 0.6 is 0 Å². The van der Waals surface area contributed by atoms with Crippen LogP contribution in [0.3, 0.4) is 0 Å². The average molecular weight is 458 g/mol. The number of benzene rings is 2. The molecule has 2 aromatic rings. The Morgan fingerprint density at radius 3 is 2.34 bits per heavy atom. The van der Waals surface area contributed by atoms with Crippen molar-refractivity contribution in [1.29, 1.82) is 0 Å². The van der Waals surface area contributed by atoms with Gasteiger partial charge in [0.15, 0.2) is 0 Å². The number of hydrogen-bond donors (Lipinski definition) is 3. The fourth-order valence-corrected chi connectivity index (χ4v) is 3.68. The van der Waals surface area contributed by atoms with Gasteiger partial charge < -0.3 is 24.8 Å². The summed E-state index contributed by atoms with van der Waals surface area (Å²) in [5.74, 6) is -5.28. The van der Waals surface area contributed by atoms with Crippen molar-refractivity contribution in [1.82, 2.24) is 0 Å². The van der Waals surface area contributed by atoms with Gasteiger partial charge >= 0.3 is 12.1 Å². The van der Waals surface area contributed by atoms with Crippen LogP contribution in [-0.4, -0.2) is 27.0 Å². The summed E-state index contributed by atoms with van der Waals surface area (Å²) in [7, 11) is 0. The monoisotopic (exact) mass is 458 g/mol. The van der Waals surface area contributed by atoms with Crippen LogP contribution < -0.4 is 9.47 Å². The Labute approximate surface area is 183 Å². The second kappa shape index (κ2) is 8.20. The number of hydrogen-bond acceptors (Lipinski definition) is 5. The van der Waals surface area contributed by atoms with E-state index in [0.29, 0.717) is 5.56 Å². The van der Waals surface area contributed by atoms with Crippen LogP contribution in [0.4, 0.5) is 17.6 Å². The minimum Gasteiger partial charge on any atom is -0.487 e. The van der Waals surface area contributed by atoms with Crippen LogP contribution in [0.2, 0.25) is 0 Å². The maximum atomic E-state index is 14.1. The molecule has 2 unspecified atom stereocenters. The molecule has 1 aliphatic heterocycles. The van der Waals surface area contributed by atoms with Crippen molar-refractivity contribution >= 4 is 0 Å². The molecule has 0 aliphatic carbocycles. The Morgan fingerprint density at radius 1 is 1.09 bits per heavy atom. The lowest BCUT2D eigenvalue weighted by Crippen LogP contribution is -2.34. The van der Waals surface area contributed by atoms with Crippen LogP contribution in [0.15, 0.2) is 30.3 Å². The lowest BCUT2D eigenvalue weighted by atomic mass is 9.95. The molecule has 1 aliphatic rings. The summed E-state index contributed by atoms with van der Waals surface area (Å²) in [5.41, 5.74) is -1.89. The summed E-state index contributed by atoms with van der Waals surface area (Å²) < 4.78 is 65.9. The maximum Gasteiger partial charge on any atom is 0.419 e. The molecule has 0 saturated heterocycles. The van der Waals surface area contributed by atoms with Gasteiger partial charge in [-0.1, -0.05) is 13.0 Å². The van der Waals surface area contributed by atoms with Gasteiger partial charge in [-0.15, -0.1) is 0 Å². The molecule has 0 bridgehead atoms. The fourth-order valence-electron chi connectivity index (χ4n) is 3.68. The summed E-state index contributed by atoms with van der Waals surface area (Å²) in [5, 5.41) is 30.7. The average Bonchev–Trinajstić information content (AvgIpc) is 2.94. The zero-order valence-electron chi connectivity index (χ0n) is 18.1. The Bertz CT molecular complexity index is 999. The highest BCUT2D eigenvalue weighted by atomic mass is 19.4. The molecular weight excluding hydrogens is 432 g/mol. The number of ether oxygens (including phenoxy) is 2. The van der Waals surface area contributed by atoms with E-state index in [-0.39, 0.29) is 30.1 Å². The maximum absolute atomic E-state index is 14.1. The predicted molar refractivity (Wildman–Crippen MR) is 108 cm³/mol. The molecule has 2 atom stereocenters. The third-order valence-electron chi connectivity index (χ3n) is 5.46. The van der Waals surface area contributed by atoms with Crippen molar-refractivity contribution in [2.24, 2.45) is 5.92 Å². The Hall–Kier alpha value is -2.36. The SMILES string of the molecule is CC(O)C(C)Cc1ccc(OC(O)(O)c2cc(F)cc3c2OC(C)(C)C3)c(C(F)(F)F)c1. The zero-order chi connectivity index (χ0) is 24.1. The van der Waals surface area contributed by atoms with E-state index in [4.69, 9.17) is 9.47 Å². The van der Waals surface area contributed by atoms with Gasteiger partial charge in [0.2, 0.25) is 0 Å². The lowest BCUT2D eigenvalue weighted by molar-refractivity contribution is -0.306. The second-order valence-corrected chi connectivity index (χ2v) is 8.94. The first-order chi connectivity index (χ1) is 14.6. The van der Waals surface area contributed by atoms with Crippen molar-refractivity contribution in [3.8, 4) is 11.5 Å². The van der Waals surface area contributed by atoms with Crippen LogP contribution in [-0.2, 0) is 25.0 Å². The molecule has 0 amide bonds. The molecule has 0 fully saturated rings. The van der Waals surface area contributed by atoms with Crippen molar-refractivity contribution < 1.29 is 42.4 Å². The van der Waals surface area contributed by atoms with Crippen LogP contribution in [0.25, 0.3) is 0 Å². The molecule has 5 nitrogen and oxygen atoms in total. The molecule has 176 valence electrons. The van der Waals surface area contributed by atoms with Gasteiger partial charge in [-0.05, 0) is 62.9 Å². The van der Waals surface area contributed by atoms with Gasteiger partial charge in [-0.25, -0.2) is 4.39 Å². The Balaban J connectivity index is 2.00. The molecule has 3 rings (SSSR count). The first kappa shape index (κ1) is 24.3. The number of fused-ring (bicyclic) bond motifs is 1. The van der Waals surface area contributed by atoms with Crippen LogP contribution in [0.5, 0.6) is 11.5 Å². The van der Waals surface area contributed by atoms with Crippen molar-refractivity contribution in [3.63, 3.8) is 0 Å². The second-order valence-electron chi connectivity index (χ2n) is 8.94. The smallest absolute Gasteiger partial charge is 0.419 e. The van der Waals surface area contributed by atoms with Gasteiger partial charge in [0.1, 0.15) is 22.9 Å². The van der Waals surface area contributed by atoms with Crippen molar-refractivity contribution in [3.05, 3.63) is 58.4 Å². The fraction of sp³-hybridized carbons (Fsp3) is 0.478. The molecule has 0 radical (unpaired) electrons. The number of aliphatic hydroxyl groups excluding tert-OH is 1. The number of rotatable bonds is 6. The minimum absolute atomic E-state index is 0.0441. The molecule has 3 N–H and O–H groups in total. The van der Waals surface area contributed by atoms with E-state index < -0.39 is 46.5 Å². The zero-order valence-corrected chi connectivity index (χ0v) is 18.1. The standard InChI is InChI=1S/C23H26F4O5/c1-12(13(2)28)7-14-5-6-19(17(8-14)22(25,26)27)31-23(29,30)18-10-16(24)9-15-11-21(3,4)32-20(15)18/h5-6,8-10,12-13,28-30H,7,11H2,1-4H3. The molecule has 0 saturated carbocycles. The molecule has 1 heterocycles. The first-order valence-corrected chi connectivity index (χ1v) is 10.1. The van der Waals surface area contributed by atoms with Crippen LogP contribution in [0, 0.1) is 11.7 Å². The molecule has 32 heavy (non-hydrogen) atoms. The summed E-state index contributed by atoms with van der Waals surface area (Å²) in [4.78, 5) is 0. The first-order valence-electron chi connectivity index (χ1n) is 10.1. The van der Waals surface area contributed by atoms with Crippen LogP contribution in [0.1, 0.15) is 49.9 Å². The molecule has 0 aromatic heterocycles. The van der Waals surface area contributed by atoms with E-state index in [1.807, 2.05) is 0 Å². The molecule has 9 heteroatoms. The van der Waals surface area contributed by atoms with Gasteiger partial charge in [0.25, 0.3) is 0 Å². The lowest BCUT2D eigenvalue weighted by Gasteiger charge is -2.27. The van der Waals surface area contributed by atoms with E-state index in [1.54, 1.807) is 27.7 Å². The van der Waals surface area contributed by atoms with Crippen molar-refractivity contribution in [2.45, 2.75) is 64.4 Å². The number of halogens is 4. The normalized spacial score (nSPS) is 17.5. The summed E-state index contributed by atoms with van der Waals surface area (Å²) in [6.45, 7) is 6.65. The molecular formula is C23H26F4O5. The third kappa shape index (κ3) is 5.16.